The molecule has 0 bridgehead atoms. The predicted molar refractivity (Wildman–Crippen MR) is 96.4 cm³/mol. The molecule has 1 aromatic rings. The van der Waals surface area contributed by atoms with E-state index < -0.39 is 0 Å². The average molecular weight is 347 g/mol. The zero-order valence-corrected chi connectivity index (χ0v) is 14.9. The highest BCUT2D eigenvalue weighted by Crippen LogP contribution is 2.37. The van der Waals surface area contributed by atoms with Crippen LogP contribution in [0.15, 0.2) is 23.1 Å². The van der Waals surface area contributed by atoms with Gasteiger partial charge in [0.25, 0.3) is 11.1 Å². The number of imide groups is 1. The lowest BCUT2D eigenvalue weighted by Crippen LogP contribution is -2.31. The third-order valence-corrected chi connectivity index (χ3v) is 5.20. The van der Waals surface area contributed by atoms with Crippen LogP contribution in [0.4, 0.5) is 10.5 Å². The van der Waals surface area contributed by atoms with Crippen molar-refractivity contribution in [3.8, 4) is 5.75 Å². The Hall–Kier alpha value is -1.99. The molecule has 128 valence electrons. The van der Waals surface area contributed by atoms with Gasteiger partial charge in [0.05, 0.1) is 17.7 Å². The second kappa shape index (κ2) is 6.86. The van der Waals surface area contributed by atoms with Crippen molar-refractivity contribution in [2.45, 2.75) is 12.5 Å². The van der Waals surface area contributed by atoms with Gasteiger partial charge in [-0.3, -0.25) is 14.9 Å². The van der Waals surface area contributed by atoms with Gasteiger partial charge in [-0.05, 0) is 44.4 Å². The van der Waals surface area contributed by atoms with Gasteiger partial charge in [-0.1, -0.05) is 12.1 Å². The van der Waals surface area contributed by atoms with Crippen LogP contribution in [0.5, 0.6) is 5.75 Å². The summed E-state index contributed by atoms with van der Waals surface area (Å²) < 4.78 is 5.55. The van der Waals surface area contributed by atoms with E-state index in [0.29, 0.717) is 10.9 Å². The molecule has 2 saturated heterocycles. The van der Waals surface area contributed by atoms with Crippen LogP contribution < -0.4 is 15.0 Å². The van der Waals surface area contributed by atoms with Crippen LogP contribution in [-0.2, 0) is 4.79 Å². The second-order valence-electron chi connectivity index (χ2n) is 6.10. The molecule has 2 fully saturated rings. The van der Waals surface area contributed by atoms with E-state index in [1.807, 2.05) is 18.2 Å². The molecule has 1 atom stereocenters. The van der Waals surface area contributed by atoms with Crippen molar-refractivity contribution in [3.05, 3.63) is 28.7 Å². The maximum atomic E-state index is 11.8. The number of methoxy groups -OCH3 is 1. The van der Waals surface area contributed by atoms with Crippen LogP contribution >= 0.6 is 11.8 Å². The number of benzene rings is 1. The molecule has 0 spiro atoms. The molecule has 2 amide bonds. The third-order valence-electron chi connectivity index (χ3n) is 4.39. The largest absolute Gasteiger partial charge is 0.495 e. The van der Waals surface area contributed by atoms with Crippen LogP contribution in [0.25, 0.3) is 6.08 Å². The first-order valence-corrected chi connectivity index (χ1v) is 8.64. The summed E-state index contributed by atoms with van der Waals surface area (Å²) >= 11 is 0.933. The van der Waals surface area contributed by atoms with Crippen LogP contribution in [0.1, 0.15) is 12.0 Å². The molecule has 6 nitrogen and oxygen atoms in total. The summed E-state index contributed by atoms with van der Waals surface area (Å²) in [5.41, 5.74) is 1.87. The Morgan fingerprint density at radius 1 is 1.38 bits per heavy atom. The minimum Gasteiger partial charge on any atom is -0.495 e. The highest BCUT2D eigenvalue weighted by Gasteiger charge is 2.29. The van der Waals surface area contributed by atoms with Gasteiger partial charge < -0.3 is 14.5 Å². The number of carbonyl (C=O) groups is 2. The minimum atomic E-state index is -0.341. The Balaban J connectivity index is 1.97. The minimum absolute atomic E-state index is 0.329. The first-order valence-electron chi connectivity index (χ1n) is 7.83. The van der Waals surface area contributed by atoms with Crippen LogP contribution in [0.2, 0.25) is 0 Å². The van der Waals surface area contributed by atoms with Crippen molar-refractivity contribution >= 4 is 34.7 Å². The summed E-state index contributed by atoms with van der Waals surface area (Å²) in [5.74, 6) is 0.435. The number of carbonyl (C=O) groups excluding carboxylic acids is 2. The normalized spacial score (nSPS) is 22.6. The number of nitrogens with zero attached hydrogens (tertiary/aromatic N) is 2. The molecule has 7 heteroatoms. The van der Waals surface area contributed by atoms with Gasteiger partial charge in [0.2, 0.25) is 0 Å². The molecular formula is C17H21N3O3S. The summed E-state index contributed by atoms with van der Waals surface area (Å²) in [4.78, 5) is 28.2. The number of amides is 2. The Morgan fingerprint density at radius 3 is 2.75 bits per heavy atom. The molecule has 0 saturated carbocycles. The van der Waals surface area contributed by atoms with Gasteiger partial charge in [-0.2, -0.15) is 0 Å². The number of hydrogen-bond donors (Lipinski definition) is 1. The highest BCUT2D eigenvalue weighted by molar-refractivity contribution is 8.18. The first-order chi connectivity index (χ1) is 11.5. The first kappa shape index (κ1) is 16.9. The van der Waals surface area contributed by atoms with E-state index in [-0.39, 0.29) is 11.1 Å². The van der Waals surface area contributed by atoms with E-state index in [0.717, 1.165) is 48.3 Å². The van der Waals surface area contributed by atoms with E-state index >= 15 is 0 Å². The molecule has 1 N–H and O–H groups in total. The van der Waals surface area contributed by atoms with Crippen molar-refractivity contribution < 1.29 is 14.3 Å². The summed E-state index contributed by atoms with van der Waals surface area (Å²) in [5, 5.41) is 1.96. The van der Waals surface area contributed by atoms with E-state index in [9.17, 15) is 9.59 Å². The van der Waals surface area contributed by atoms with E-state index in [2.05, 4.69) is 29.2 Å². The number of nitrogens with one attached hydrogen (secondary N) is 1. The van der Waals surface area contributed by atoms with E-state index in [1.54, 1.807) is 13.2 Å². The number of para-hydroxylation sites is 1. The Kier molecular flexibility index (Phi) is 4.82. The Morgan fingerprint density at radius 2 is 2.17 bits per heavy atom. The topological polar surface area (TPSA) is 61.9 Å². The number of thioether (sulfide) groups is 1. The molecule has 0 aromatic heterocycles. The zero-order chi connectivity index (χ0) is 17.3. The SMILES string of the molecule is COc1cccc(/C=C2/SC(=O)NC2=O)c1N1CCC(N(C)C)C1. The lowest BCUT2D eigenvalue weighted by Gasteiger charge is -2.25. The maximum absolute atomic E-state index is 11.8. The molecule has 2 aliphatic rings. The lowest BCUT2D eigenvalue weighted by atomic mass is 10.1. The summed E-state index contributed by atoms with van der Waals surface area (Å²) in [6.07, 6.45) is 2.85. The molecule has 2 heterocycles. The fourth-order valence-corrected chi connectivity index (χ4v) is 3.76. The van der Waals surface area contributed by atoms with Gasteiger partial charge in [0, 0.05) is 24.7 Å². The van der Waals surface area contributed by atoms with E-state index in [1.165, 1.54) is 0 Å². The molecular weight excluding hydrogens is 326 g/mol. The molecule has 1 unspecified atom stereocenters. The van der Waals surface area contributed by atoms with Crippen molar-refractivity contribution in [1.82, 2.24) is 10.2 Å². The smallest absolute Gasteiger partial charge is 0.290 e. The second-order valence-corrected chi connectivity index (χ2v) is 7.12. The average Bonchev–Trinajstić information content (AvgIpc) is 3.14. The molecule has 3 rings (SSSR count). The predicted octanol–water partition coefficient (Wildman–Crippen LogP) is 2.16. The van der Waals surface area contributed by atoms with Crippen molar-refractivity contribution in [1.29, 1.82) is 0 Å². The standard InChI is InChI=1S/C17H21N3O3S/c1-19(2)12-7-8-20(10-12)15-11(5-4-6-13(15)23-3)9-14-16(21)18-17(22)24-14/h4-6,9,12H,7-8,10H2,1-3H3,(H,18,21,22)/b14-9+. The fraction of sp³-hybridized carbons (Fsp3) is 0.412. The third kappa shape index (κ3) is 3.27. The molecule has 24 heavy (non-hydrogen) atoms. The number of hydrogen-bond acceptors (Lipinski definition) is 6. The van der Waals surface area contributed by atoms with E-state index in [4.69, 9.17) is 4.74 Å². The molecule has 2 aliphatic heterocycles. The van der Waals surface area contributed by atoms with Crippen LogP contribution in [0, 0.1) is 0 Å². The van der Waals surface area contributed by atoms with Gasteiger partial charge in [-0.25, -0.2) is 0 Å². The number of anilines is 1. The van der Waals surface area contributed by atoms with Gasteiger partial charge in [0.1, 0.15) is 5.75 Å². The monoisotopic (exact) mass is 347 g/mol. The van der Waals surface area contributed by atoms with Crippen LogP contribution in [-0.4, -0.2) is 56.4 Å². The molecule has 0 radical (unpaired) electrons. The number of likely N-dealkylation sites (N-methyl/N-ethyl adjacent to an activating group) is 1. The maximum Gasteiger partial charge on any atom is 0.290 e. The molecule has 1 aromatic carbocycles. The highest BCUT2D eigenvalue weighted by atomic mass is 32.2. The number of rotatable bonds is 4. The number of ether oxygens (including phenoxy) is 1. The van der Waals surface area contributed by atoms with Gasteiger partial charge >= 0.3 is 0 Å². The van der Waals surface area contributed by atoms with Crippen molar-refractivity contribution in [2.75, 3.05) is 39.2 Å². The summed E-state index contributed by atoms with van der Waals surface area (Å²) in [6.45, 7) is 1.83. The van der Waals surface area contributed by atoms with Gasteiger partial charge in [-0.15, -0.1) is 0 Å². The summed E-state index contributed by atoms with van der Waals surface area (Å²) in [6, 6.07) is 6.26. The van der Waals surface area contributed by atoms with Crippen LogP contribution in [0.3, 0.4) is 0 Å². The summed E-state index contributed by atoms with van der Waals surface area (Å²) in [7, 11) is 5.82. The van der Waals surface area contributed by atoms with Gasteiger partial charge in [0.15, 0.2) is 0 Å². The quantitative estimate of drug-likeness (QED) is 0.842. The Bertz CT molecular complexity index is 702. The zero-order valence-electron chi connectivity index (χ0n) is 14.0. The lowest BCUT2D eigenvalue weighted by molar-refractivity contribution is -0.115. The van der Waals surface area contributed by atoms with Crippen molar-refractivity contribution in [2.24, 2.45) is 0 Å². The molecule has 0 aliphatic carbocycles. The fourth-order valence-electron chi connectivity index (χ4n) is 3.09. The Labute approximate surface area is 145 Å². The van der Waals surface area contributed by atoms with Crippen molar-refractivity contribution in [3.63, 3.8) is 0 Å².